The second kappa shape index (κ2) is 5.47. The van der Waals surface area contributed by atoms with Crippen LogP contribution in [-0.4, -0.2) is 11.0 Å². The van der Waals surface area contributed by atoms with Crippen LogP contribution in [0.4, 0.5) is 10.1 Å². The van der Waals surface area contributed by atoms with Crippen LogP contribution < -0.4 is 5.32 Å². The number of nitrogens with one attached hydrogen (secondary N) is 1. The molecule has 0 radical (unpaired) electrons. The Morgan fingerprint density at radius 3 is 2.47 bits per heavy atom. The molecule has 0 fully saturated rings. The van der Waals surface area contributed by atoms with Gasteiger partial charge in [0.1, 0.15) is 11.6 Å². The van der Waals surface area contributed by atoms with Crippen LogP contribution >= 0.6 is 23.2 Å². The number of aromatic hydroxyl groups is 1. The zero-order valence-corrected chi connectivity index (χ0v) is 11.0. The molecule has 0 atom stereocenters. The molecular formula is C13H8Cl2FNO2. The fraction of sp³-hybridized carbons (Fsp3) is 0. The Labute approximate surface area is 118 Å². The van der Waals surface area contributed by atoms with Gasteiger partial charge in [-0.3, -0.25) is 4.79 Å². The van der Waals surface area contributed by atoms with E-state index in [9.17, 15) is 14.3 Å². The van der Waals surface area contributed by atoms with Gasteiger partial charge >= 0.3 is 0 Å². The molecule has 0 aliphatic carbocycles. The fourth-order valence-corrected chi connectivity index (χ4v) is 1.79. The van der Waals surface area contributed by atoms with Gasteiger partial charge < -0.3 is 10.4 Å². The Kier molecular flexibility index (Phi) is 3.93. The summed E-state index contributed by atoms with van der Waals surface area (Å²) in [5, 5.41) is 11.8. The molecule has 0 saturated carbocycles. The average Bonchev–Trinajstić information content (AvgIpc) is 2.37. The average molecular weight is 300 g/mol. The molecule has 19 heavy (non-hydrogen) atoms. The molecule has 0 aliphatic rings. The molecule has 98 valence electrons. The van der Waals surface area contributed by atoms with Crippen LogP contribution in [0, 0.1) is 5.82 Å². The van der Waals surface area contributed by atoms with Crippen LogP contribution in [0.15, 0.2) is 36.4 Å². The monoisotopic (exact) mass is 299 g/mol. The van der Waals surface area contributed by atoms with E-state index in [1.807, 2.05) is 0 Å². The summed E-state index contributed by atoms with van der Waals surface area (Å²) in [7, 11) is 0. The van der Waals surface area contributed by atoms with Crippen molar-refractivity contribution in [3.63, 3.8) is 0 Å². The number of rotatable bonds is 2. The highest BCUT2D eigenvalue weighted by molar-refractivity contribution is 6.32. The smallest absolute Gasteiger partial charge is 0.255 e. The number of hydrogen-bond donors (Lipinski definition) is 2. The summed E-state index contributed by atoms with van der Waals surface area (Å²) in [6.07, 6.45) is 0. The summed E-state index contributed by atoms with van der Waals surface area (Å²) in [6, 6.07) is 7.91. The molecule has 0 heterocycles. The molecule has 6 heteroatoms. The minimum atomic E-state index is -0.592. The molecule has 0 aromatic heterocycles. The SMILES string of the molecule is O=C(Nc1ccc(O)c(Cl)c1)c1ccc(F)c(Cl)c1. The largest absolute Gasteiger partial charge is 0.506 e. The van der Waals surface area contributed by atoms with Crippen LogP contribution in [0.25, 0.3) is 0 Å². The van der Waals surface area contributed by atoms with Crippen LogP contribution in [0.5, 0.6) is 5.75 Å². The van der Waals surface area contributed by atoms with Crippen molar-refractivity contribution >= 4 is 34.8 Å². The minimum absolute atomic E-state index is 0.0792. The second-order valence-corrected chi connectivity index (χ2v) is 4.56. The van der Waals surface area contributed by atoms with Crippen molar-refractivity contribution in [3.8, 4) is 5.75 Å². The fourth-order valence-electron chi connectivity index (χ4n) is 1.43. The molecule has 2 aromatic rings. The molecular weight excluding hydrogens is 292 g/mol. The Morgan fingerprint density at radius 2 is 1.84 bits per heavy atom. The molecule has 0 aliphatic heterocycles. The third kappa shape index (κ3) is 3.16. The van der Waals surface area contributed by atoms with Crippen LogP contribution in [0.3, 0.4) is 0 Å². The van der Waals surface area contributed by atoms with E-state index in [0.29, 0.717) is 5.69 Å². The lowest BCUT2D eigenvalue weighted by molar-refractivity contribution is 0.102. The van der Waals surface area contributed by atoms with E-state index in [0.717, 1.165) is 6.07 Å². The highest BCUT2D eigenvalue weighted by Crippen LogP contribution is 2.26. The lowest BCUT2D eigenvalue weighted by Crippen LogP contribution is -2.11. The standard InChI is InChI=1S/C13H8Cl2FNO2/c14-9-5-7(1-3-11(9)16)13(19)17-8-2-4-12(18)10(15)6-8/h1-6,18H,(H,17,19). The zero-order valence-electron chi connectivity index (χ0n) is 9.45. The summed E-state index contributed by atoms with van der Waals surface area (Å²) in [5.41, 5.74) is 0.629. The van der Waals surface area contributed by atoms with Crippen molar-refractivity contribution in [1.29, 1.82) is 0 Å². The van der Waals surface area contributed by atoms with Crippen LogP contribution in [-0.2, 0) is 0 Å². The summed E-state index contributed by atoms with van der Waals surface area (Å²) in [6.45, 7) is 0. The van der Waals surface area contributed by atoms with Crippen LogP contribution in [0.1, 0.15) is 10.4 Å². The van der Waals surface area contributed by atoms with E-state index in [4.69, 9.17) is 23.2 Å². The maximum Gasteiger partial charge on any atom is 0.255 e. The molecule has 2 rings (SSSR count). The lowest BCUT2D eigenvalue weighted by atomic mass is 10.2. The molecule has 0 spiro atoms. The first kappa shape index (κ1) is 13.6. The van der Waals surface area contributed by atoms with Crippen molar-refractivity contribution < 1.29 is 14.3 Å². The van der Waals surface area contributed by atoms with Gasteiger partial charge in [0.15, 0.2) is 0 Å². The van der Waals surface area contributed by atoms with E-state index in [1.165, 1.54) is 30.3 Å². The molecule has 3 nitrogen and oxygen atoms in total. The van der Waals surface area contributed by atoms with Crippen molar-refractivity contribution in [3.05, 3.63) is 57.8 Å². The molecule has 0 bridgehead atoms. The minimum Gasteiger partial charge on any atom is -0.506 e. The van der Waals surface area contributed by atoms with Crippen molar-refractivity contribution in [2.45, 2.75) is 0 Å². The van der Waals surface area contributed by atoms with Gasteiger partial charge in [0.2, 0.25) is 0 Å². The summed E-state index contributed by atoms with van der Waals surface area (Å²) in [5.74, 6) is -1.13. The number of halogens is 3. The number of benzene rings is 2. The number of carbonyl (C=O) groups is 1. The second-order valence-electron chi connectivity index (χ2n) is 3.75. The first-order valence-corrected chi connectivity index (χ1v) is 5.98. The molecule has 2 aromatic carbocycles. The topological polar surface area (TPSA) is 49.3 Å². The zero-order chi connectivity index (χ0) is 14.0. The van der Waals surface area contributed by atoms with E-state index >= 15 is 0 Å². The van der Waals surface area contributed by atoms with Gasteiger partial charge in [-0.1, -0.05) is 23.2 Å². The summed E-state index contributed by atoms with van der Waals surface area (Å²) >= 11 is 11.3. The van der Waals surface area contributed by atoms with Gasteiger partial charge in [-0.05, 0) is 36.4 Å². The van der Waals surface area contributed by atoms with E-state index < -0.39 is 11.7 Å². The molecule has 2 N–H and O–H groups in total. The van der Waals surface area contributed by atoms with Gasteiger partial charge in [-0.25, -0.2) is 4.39 Å². The van der Waals surface area contributed by atoms with E-state index in [-0.39, 0.29) is 21.4 Å². The normalized spacial score (nSPS) is 10.3. The van der Waals surface area contributed by atoms with E-state index in [1.54, 1.807) is 0 Å². The molecule has 1 amide bonds. The number of hydrogen-bond acceptors (Lipinski definition) is 2. The Balaban J connectivity index is 2.20. The number of phenols is 1. The highest BCUT2D eigenvalue weighted by Gasteiger charge is 2.10. The summed E-state index contributed by atoms with van der Waals surface area (Å²) < 4.78 is 13.0. The number of anilines is 1. The Hall–Kier alpha value is -1.78. The van der Waals surface area contributed by atoms with Crippen molar-refractivity contribution in [2.24, 2.45) is 0 Å². The Bertz CT molecular complexity index is 647. The number of amides is 1. The van der Waals surface area contributed by atoms with Gasteiger partial charge in [-0.2, -0.15) is 0 Å². The predicted octanol–water partition coefficient (Wildman–Crippen LogP) is 4.09. The highest BCUT2D eigenvalue weighted by atomic mass is 35.5. The van der Waals surface area contributed by atoms with Gasteiger partial charge in [-0.15, -0.1) is 0 Å². The quantitative estimate of drug-likeness (QED) is 0.821. The maximum absolute atomic E-state index is 13.0. The third-order valence-corrected chi connectivity index (χ3v) is 2.98. The first-order chi connectivity index (χ1) is 8.97. The number of phenolic OH excluding ortho intramolecular Hbond substituents is 1. The maximum atomic E-state index is 13.0. The van der Waals surface area contributed by atoms with Crippen molar-refractivity contribution in [1.82, 2.24) is 0 Å². The van der Waals surface area contributed by atoms with Crippen LogP contribution in [0.2, 0.25) is 10.0 Å². The Morgan fingerprint density at radius 1 is 1.11 bits per heavy atom. The lowest BCUT2D eigenvalue weighted by Gasteiger charge is -2.07. The molecule has 0 unspecified atom stereocenters. The van der Waals surface area contributed by atoms with Gasteiger partial charge in [0, 0.05) is 11.3 Å². The van der Waals surface area contributed by atoms with Gasteiger partial charge in [0.25, 0.3) is 5.91 Å². The first-order valence-electron chi connectivity index (χ1n) is 5.22. The van der Waals surface area contributed by atoms with E-state index in [2.05, 4.69) is 5.32 Å². The number of carbonyl (C=O) groups excluding carboxylic acids is 1. The van der Waals surface area contributed by atoms with Gasteiger partial charge in [0.05, 0.1) is 10.0 Å². The third-order valence-electron chi connectivity index (χ3n) is 2.39. The molecule has 0 saturated heterocycles. The summed E-state index contributed by atoms with van der Waals surface area (Å²) in [4.78, 5) is 11.9. The predicted molar refractivity (Wildman–Crippen MR) is 72.5 cm³/mol. The van der Waals surface area contributed by atoms with Crippen molar-refractivity contribution in [2.75, 3.05) is 5.32 Å².